The average Bonchev–Trinajstić information content (AvgIpc) is 1.61. The van der Waals surface area contributed by atoms with Gasteiger partial charge in [-0.25, -0.2) is 4.79 Å². The zero-order chi connectivity index (χ0) is 82.7. The van der Waals surface area contributed by atoms with E-state index in [0.29, 0.717) is 31.2 Å². The lowest BCUT2D eigenvalue weighted by molar-refractivity contribution is -0.145. The number of rotatable bonds is 43. The molecule has 0 aliphatic carbocycles. The predicted octanol–water partition coefficient (Wildman–Crippen LogP) is -3.68. The van der Waals surface area contributed by atoms with Crippen molar-refractivity contribution in [1.29, 1.82) is 0 Å². The molecule has 3 saturated heterocycles. The Hall–Kier alpha value is -9.42. The van der Waals surface area contributed by atoms with Gasteiger partial charge in [0.05, 0.1) is 31.9 Å². The topological polar surface area (TPSA) is 548 Å². The molecular weight excluding hydrogens is 1430 g/mol. The third-order valence-corrected chi connectivity index (χ3v) is 19.8. The van der Waals surface area contributed by atoms with Crippen LogP contribution < -0.4 is 70.0 Å². The van der Waals surface area contributed by atoms with Crippen molar-refractivity contribution in [3.05, 3.63) is 35.9 Å². The molecule has 16 atom stereocenters. The summed E-state index contributed by atoms with van der Waals surface area (Å²) in [4.78, 5) is 223. The normalized spacial score (nSPS) is 19.2. The second kappa shape index (κ2) is 44.4. The van der Waals surface area contributed by atoms with E-state index < -0.39 is 223 Å². The number of nitrogens with zero attached hydrogens (tertiary/aromatic N) is 3. The lowest BCUT2D eigenvalue weighted by Gasteiger charge is -2.32. The fraction of sp³-hybridized carbons (Fsp3) is 0.703. The van der Waals surface area contributed by atoms with Gasteiger partial charge in [0, 0.05) is 32.5 Å². The number of nitrogens with two attached hydrogens (primary N) is 2. The summed E-state index contributed by atoms with van der Waals surface area (Å²) in [5, 5.41) is 69.7. The first kappa shape index (κ1) is 93.0. The van der Waals surface area contributed by atoms with Crippen LogP contribution in [0.15, 0.2) is 30.3 Å². The number of aliphatic hydroxyl groups is 3. The van der Waals surface area contributed by atoms with Crippen molar-refractivity contribution in [3.8, 4) is 0 Å². The molecule has 1 aromatic carbocycles. The van der Waals surface area contributed by atoms with Crippen LogP contribution in [-0.2, 0) is 83.1 Å². The van der Waals surface area contributed by atoms with Gasteiger partial charge in [-0.3, -0.25) is 71.9 Å². The zero-order valence-corrected chi connectivity index (χ0v) is 65.6. The Kier molecular flexibility index (Phi) is 37.5. The van der Waals surface area contributed by atoms with E-state index in [4.69, 9.17) is 11.5 Å². The highest BCUT2D eigenvalue weighted by atomic mass is 16.4. The van der Waals surface area contributed by atoms with Gasteiger partial charge < -0.3 is 105 Å². The number of hydrogen-bond acceptors (Lipinski definition) is 20. The molecule has 3 aliphatic heterocycles. The van der Waals surface area contributed by atoms with Gasteiger partial charge in [-0.05, 0) is 106 Å². The Morgan fingerprint density at radius 2 is 0.873 bits per heavy atom. The number of benzene rings is 1. The number of amides is 15. The van der Waals surface area contributed by atoms with E-state index in [1.807, 2.05) is 0 Å². The van der Waals surface area contributed by atoms with Gasteiger partial charge in [-0.15, -0.1) is 0 Å². The van der Waals surface area contributed by atoms with Gasteiger partial charge in [-0.1, -0.05) is 120 Å². The summed E-state index contributed by atoms with van der Waals surface area (Å²) in [6.45, 7) is 19.4. The molecule has 616 valence electrons. The van der Waals surface area contributed by atoms with E-state index in [1.165, 1.54) is 21.6 Å². The number of aliphatic carboxylic acids is 1. The molecule has 110 heavy (non-hydrogen) atoms. The van der Waals surface area contributed by atoms with E-state index >= 15 is 0 Å². The highest BCUT2D eigenvalue weighted by Gasteiger charge is 2.45. The minimum atomic E-state index is -1.81. The van der Waals surface area contributed by atoms with Crippen LogP contribution in [0, 0.1) is 35.5 Å². The number of primary amides is 1. The Balaban J connectivity index is 1.42. The summed E-state index contributed by atoms with van der Waals surface area (Å²) in [6.07, 6.45) is -0.527. The van der Waals surface area contributed by atoms with Gasteiger partial charge >= 0.3 is 5.97 Å². The molecule has 0 saturated carbocycles. The van der Waals surface area contributed by atoms with Crippen molar-refractivity contribution < 1.29 is 97.1 Å². The van der Waals surface area contributed by atoms with Crippen LogP contribution in [-0.4, -0.2) is 260 Å². The second-order valence-electron chi connectivity index (χ2n) is 30.7. The predicted molar refractivity (Wildman–Crippen MR) is 399 cm³/mol. The molecule has 36 heteroatoms. The molecule has 3 fully saturated rings. The number of likely N-dealkylation sites (tertiary alicyclic amines) is 3. The standard InChI is InChI=1S/C74H120N16O20/c1-14-42(12)59(70(105)79-46(31-37(2)3)61(96)82-50(36-92)63(98)83-49(35-91)62(97)80-48(33-44-21-16-15-17-22-44)73(108)90-30-20-25-53(90)65(100)78-45(74(109)110)26-27-54(75)94)86-66(101)52-24-18-28-88(52)55(95)34-77-64(99)51-23-19-29-89(51)72(107)47(32-38(4)5)81-71(106)60(43(13)93)87-69(104)58(41(10)11)85-68(103)57(40(8)9)84-67(102)56(76)39(6)7/h15-17,21-22,37-43,45-53,56-60,91-93H,14,18-20,23-36,76H2,1-13H3,(H2,75,94)(H,77,99)(H,78,100)(H,79,105)(H,80,97)(H,81,106)(H,82,96)(H,83,98)(H,84,102)(H,85,103)(H,86,101)(H,87,104)(H,109,110)/t42-,43+,45-,46-,47-,48-,49-,50-,51-,52-,53-,56-,57-,58-,59-,60-/m0/s1. The number of aliphatic hydroxyl groups excluding tert-OH is 3. The van der Waals surface area contributed by atoms with Crippen LogP contribution in [0.1, 0.15) is 166 Å². The highest BCUT2D eigenvalue weighted by Crippen LogP contribution is 2.25. The van der Waals surface area contributed by atoms with Gasteiger partial charge in [-0.2, -0.15) is 0 Å². The molecule has 1 aromatic rings. The average molecular weight is 1550 g/mol. The monoisotopic (exact) mass is 1550 g/mol. The molecular formula is C74H120N16O20. The molecule has 0 aromatic heterocycles. The Bertz CT molecular complexity index is 3380. The SMILES string of the molecule is CC[C@H](C)[C@H](NC(=O)[C@@H]1CCCN1C(=O)CNC(=O)[C@@H]1CCCN1C(=O)[C@H](CC(C)C)NC(=O)[C@@H](NC(=O)[C@@H](NC(=O)[C@@H](NC(=O)[C@@H](N)C(C)C)C(C)C)C(C)C)[C@@H](C)O)C(=O)N[C@@H](CC(C)C)C(=O)N[C@@H](CO)C(=O)N[C@@H](CO)C(=O)N[C@@H](Cc1ccccc1)C(=O)N1CCC[C@H]1C(=O)N[C@@H](CCC(N)=O)C(=O)O. The molecule has 19 N–H and O–H groups in total. The largest absolute Gasteiger partial charge is 0.480 e. The van der Waals surface area contributed by atoms with Crippen LogP contribution in [0.25, 0.3) is 0 Å². The minimum absolute atomic E-state index is 0.0226. The quantitative estimate of drug-likeness (QED) is 0.0299. The molecule has 4 rings (SSSR count). The van der Waals surface area contributed by atoms with E-state index in [-0.39, 0.29) is 88.8 Å². The van der Waals surface area contributed by atoms with Gasteiger partial charge in [0.25, 0.3) is 0 Å². The first-order valence-corrected chi connectivity index (χ1v) is 38.1. The summed E-state index contributed by atoms with van der Waals surface area (Å²) in [7, 11) is 0. The Morgan fingerprint density at radius 1 is 0.464 bits per heavy atom. The van der Waals surface area contributed by atoms with Crippen molar-refractivity contribution >= 4 is 94.6 Å². The lowest BCUT2D eigenvalue weighted by Crippen LogP contribution is -2.62. The Morgan fingerprint density at radius 3 is 1.34 bits per heavy atom. The summed E-state index contributed by atoms with van der Waals surface area (Å²) in [5.41, 5.74) is 11.8. The first-order chi connectivity index (χ1) is 51.7. The summed E-state index contributed by atoms with van der Waals surface area (Å²) < 4.78 is 0. The maximum atomic E-state index is 14.5. The lowest BCUT2D eigenvalue weighted by atomic mass is 9.96. The molecule has 3 aliphatic rings. The first-order valence-electron chi connectivity index (χ1n) is 38.1. The number of nitrogens with one attached hydrogen (secondary N) is 11. The molecule has 15 amide bonds. The van der Waals surface area contributed by atoms with Gasteiger partial charge in [0.15, 0.2) is 0 Å². The third kappa shape index (κ3) is 27.6. The second-order valence-corrected chi connectivity index (χ2v) is 30.7. The summed E-state index contributed by atoms with van der Waals surface area (Å²) >= 11 is 0. The van der Waals surface area contributed by atoms with Crippen molar-refractivity contribution in [2.45, 2.75) is 258 Å². The van der Waals surface area contributed by atoms with Crippen LogP contribution >= 0.6 is 0 Å². The van der Waals surface area contributed by atoms with Crippen molar-refractivity contribution in [3.63, 3.8) is 0 Å². The maximum absolute atomic E-state index is 14.5. The third-order valence-electron chi connectivity index (χ3n) is 19.8. The molecule has 0 spiro atoms. The Labute approximate surface area is 642 Å². The number of carboxylic acids is 1. The molecule has 0 unspecified atom stereocenters. The van der Waals surface area contributed by atoms with Crippen molar-refractivity contribution in [2.24, 2.45) is 47.0 Å². The fourth-order valence-electron chi connectivity index (χ4n) is 13.2. The number of carboxylic acid groups (broad SMARTS) is 1. The molecule has 0 radical (unpaired) electrons. The van der Waals surface area contributed by atoms with Crippen LogP contribution in [0.2, 0.25) is 0 Å². The molecule has 0 bridgehead atoms. The summed E-state index contributed by atoms with van der Waals surface area (Å²) in [6, 6.07) is -10.5. The van der Waals surface area contributed by atoms with E-state index in [0.717, 1.165) is 0 Å². The van der Waals surface area contributed by atoms with E-state index in [1.54, 1.807) is 113 Å². The summed E-state index contributed by atoms with van der Waals surface area (Å²) in [5.74, 6) is -16.0. The fourth-order valence-corrected chi connectivity index (χ4v) is 13.2. The van der Waals surface area contributed by atoms with Crippen LogP contribution in [0.4, 0.5) is 0 Å². The van der Waals surface area contributed by atoms with Gasteiger partial charge in [0.2, 0.25) is 88.6 Å². The highest BCUT2D eigenvalue weighted by molar-refractivity contribution is 6.01. The van der Waals surface area contributed by atoms with Gasteiger partial charge in [0.1, 0.15) is 78.5 Å². The molecule has 36 nitrogen and oxygen atoms in total. The van der Waals surface area contributed by atoms with Crippen LogP contribution in [0.5, 0.6) is 0 Å². The van der Waals surface area contributed by atoms with Crippen molar-refractivity contribution in [1.82, 2.24) is 73.2 Å². The number of carbonyl (C=O) groups is 16. The maximum Gasteiger partial charge on any atom is 0.326 e. The van der Waals surface area contributed by atoms with E-state index in [9.17, 15) is 97.1 Å². The molecule has 3 heterocycles. The zero-order valence-electron chi connectivity index (χ0n) is 65.6. The number of carbonyl (C=O) groups excluding carboxylic acids is 15. The number of hydrogen-bond donors (Lipinski definition) is 17. The van der Waals surface area contributed by atoms with E-state index in [2.05, 4.69) is 58.5 Å². The van der Waals surface area contributed by atoms with Crippen molar-refractivity contribution in [2.75, 3.05) is 39.4 Å². The minimum Gasteiger partial charge on any atom is -0.480 e. The van der Waals surface area contributed by atoms with Crippen LogP contribution in [0.3, 0.4) is 0 Å². The smallest absolute Gasteiger partial charge is 0.326 e.